The Kier molecular flexibility index (Phi) is 6.60. The fourth-order valence-corrected chi connectivity index (χ4v) is 6.55. The van der Waals surface area contributed by atoms with E-state index in [0.29, 0.717) is 6.42 Å². The van der Waals surface area contributed by atoms with Crippen molar-refractivity contribution in [3.05, 3.63) is 66.0 Å². The largest absolute Gasteiger partial charge is 0.342 e. The van der Waals surface area contributed by atoms with Gasteiger partial charge in [0.1, 0.15) is 11.9 Å². The second-order valence-corrected chi connectivity index (χ2v) is 9.91. The van der Waals surface area contributed by atoms with Crippen molar-refractivity contribution in [1.82, 2.24) is 15.3 Å². The predicted octanol–water partition coefficient (Wildman–Crippen LogP) is 5.48. The van der Waals surface area contributed by atoms with Crippen LogP contribution < -0.4 is 5.32 Å². The molecule has 3 aromatic rings. The van der Waals surface area contributed by atoms with Crippen LogP contribution in [-0.2, 0) is 4.79 Å². The lowest BCUT2D eigenvalue weighted by atomic mass is 10.1. The van der Waals surface area contributed by atoms with Crippen molar-refractivity contribution in [2.75, 3.05) is 5.75 Å². The second-order valence-electron chi connectivity index (χ2n) is 7.13. The molecule has 1 aliphatic heterocycles. The summed E-state index contributed by atoms with van der Waals surface area (Å²) in [4.78, 5) is 20.7. The van der Waals surface area contributed by atoms with E-state index < -0.39 is 0 Å². The molecule has 0 radical (unpaired) electrons. The van der Waals surface area contributed by atoms with Gasteiger partial charge in [-0.2, -0.15) is 0 Å². The number of hydrogen-bond donors (Lipinski definition) is 2. The molecule has 4 rings (SSSR count). The number of imidazole rings is 1. The number of rotatable bonds is 8. The van der Waals surface area contributed by atoms with Crippen LogP contribution in [0.5, 0.6) is 0 Å². The molecule has 0 aliphatic carbocycles. The van der Waals surface area contributed by atoms with Crippen LogP contribution in [0, 0.1) is 0 Å². The van der Waals surface area contributed by atoms with E-state index >= 15 is 0 Å². The Morgan fingerprint density at radius 3 is 2.75 bits per heavy atom. The molecule has 2 aromatic carbocycles. The Bertz CT molecular complexity index is 873. The molecule has 1 fully saturated rings. The lowest BCUT2D eigenvalue weighted by molar-refractivity contribution is -0.121. The van der Waals surface area contributed by atoms with E-state index in [9.17, 15) is 4.79 Å². The van der Waals surface area contributed by atoms with E-state index in [2.05, 4.69) is 10.3 Å². The molecule has 28 heavy (non-hydrogen) atoms. The monoisotopic (exact) mass is 411 g/mol. The van der Waals surface area contributed by atoms with Crippen LogP contribution in [0.2, 0.25) is 0 Å². The normalized spacial score (nSPS) is 17.6. The lowest BCUT2D eigenvalue weighted by Crippen LogP contribution is -2.29. The van der Waals surface area contributed by atoms with Gasteiger partial charge in [0.05, 0.1) is 11.0 Å². The molecule has 2 N–H and O–H groups in total. The van der Waals surface area contributed by atoms with E-state index in [1.807, 2.05) is 76.2 Å². The fraction of sp³-hybridized carbons (Fsp3) is 0.364. The van der Waals surface area contributed by atoms with Gasteiger partial charge in [-0.3, -0.25) is 4.79 Å². The number of nitrogens with one attached hydrogen (secondary N) is 2. The highest BCUT2D eigenvalue weighted by Crippen LogP contribution is 2.39. The lowest BCUT2D eigenvalue weighted by Gasteiger charge is -2.17. The number of para-hydroxylation sites is 2. The first kappa shape index (κ1) is 19.4. The first-order chi connectivity index (χ1) is 13.8. The van der Waals surface area contributed by atoms with Gasteiger partial charge in [0.15, 0.2) is 0 Å². The number of aromatic nitrogens is 2. The van der Waals surface area contributed by atoms with E-state index in [0.717, 1.165) is 40.5 Å². The molecular formula is C22H25N3OS2. The van der Waals surface area contributed by atoms with Gasteiger partial charge in [-0.05, 0) is 37.0 Å². The number of fused-ring (bicyclic) bond motifs is 1. The zero-order valence-corrected chi connectivity index (χ0v) is 17.4. The van der Waals surface area contributed by atoms with Gasteiger partial charge < -0.3 is 10.3 Å². The van der Waals surface area contributed by atoms with Gasteiger partial charge in [0.25, 0.3) is 0 Å². The van der Waals surface area contributed by atoms with Crippen molar-refractivity contribution in [1.29, 1.82) is 0 Å². The smallest absolute Gasteiger partial charge is 0.220 e. The molecule has 6 heteroatoms. The summed E-state index contributed by atoms with van der Waals surface area (Å²) in [6, 6.07) is 17.7. The third-order valence-electron chi connectivity index (χ3n) is 5.03. The number of unbranched alkanes of at least 4 members (excludes halogenated alkanes) is 1. The summed E-state index contributed by atoms with van der Waals surface area (Å²) < 4.78 is 0. The molecule has 1 amide bonds. The number of hydrogen-bond acceptors (Lipinski definition) is 4. The van der Waals surface area contributed by atoms with Crippen LogP contribution in [0.4, 0.5) is 0 Å². The highest BCUT2D eigenvalue weighted by atomic mass is 33.1. The molecule has 1 saturated heterocycles. The summed E-state index contributed by atoms with van der Waals surface area (Å²) in [5.74, 6) is 2.13. The minimum atomic E-state index is -0.261. The van der Waals surface area contributed by atoms with Crippen LogP contribution in [0.15, 0.2) is 54.6 Å². The molecule has 4 nitrogen and oxygen atoms in total. The second kappa shape index (κ2) is 9.52. The molecule has 0 bridgehead atoms. The molecule has 2 heterocycles. The Morgan fingerprint density at radius 1 is 1.14 bits per heavy atom. The standard InChI is InChI=1S/C22H25N3OS2/c26-20(13-7-4-10-17-14-15-27-28-17)25-21(16-8-2-1-3-9-16)22-23-18-11-5-6-12-19(18)24-22/h1-3,5-6,8-9,11-12,17,21H,4,7,10,13-15H2,(H,23,24)(H,25,26)/t17-,21-/m1/s1. The molecule has 0 spiro atoms. The summed E-state index contributed by atoms with van der Waals surface area (Å²) in [5, 5.41) is 3.98. The van der Waals surface area contributed by atoms with Crippen LogP contribution in [0.3, 0.4) is 0 Å². The molecule has 146 valence electrons. The first-order valence-corrected chi connectivity index (χ1v) is 12.2. The van der Waals surface area contributed by atoms with Crippen molar-refractivity contribution < 1.29 is 4.79 Å². The number of benzene rings is 2. The molecule has 1 aliphatic rings. The van der Waals surface area contributed by atoms with Gasteiger partial charge in [0, 0.05) is 17.4 Å². The number of H-pyrrole nitrogens is 1. The topological polar surface area (TPSA) is 57.8 Å². The number of carbonyl (C=O) groups is 1. The summed E-state index contributed by atoms with van der Waals surface area (Å²) in [5.41, 5.74) is 2.94. The summed E-state index contributed by atoms with van der Waals surface area (Å²) in [6.45, 7) is 0. The van der Waals surface area contributed by atoms with Crippen molar-refractivity contribution in [2.45, 2.75) is 43.4 Å². The summed E-state index contributed by atoms with van der Waals surface area (Å²) in [6.07, 6.45) is 5.15. The molecule has 0 saturated carbocycles. The molecule has 0 unspecified atom stereocenters. The minimum Gasteiger partial charge on any atom is -0.342 e. The van der Waals surface area contributed by atoms with Crippen molar-refractivity contribution in [3.63, 3.8) is 0 Å². The third-order valence-corrected chi connectivity index (χ3v) is 8.03. The van der Waals surface area contributed by atoms with Gasteiger partial charge >= 0.3 is 0 Å². The highest BCUT2D eigenvalue weighted by Gasteiger charge is 2.20. The number of amides is 1. The molecule has 1 aromatic heterocycles. The Morgan fingerprint density at radius 2 is 1.96 bits per heavy atom. The van der Waals surface area contributed by atoms with Crippen LogP contribution in [-0.4, -0.2) is 26.9 Å². The van der Waals surface area contributed by atoms with E-state index in [-0.39, 0.29) is 11.9 Å². The zero-order valence-electron chi connectivity index (χ0n) is 15.8. The van der Waals surface area contributed by atoms with Crippen LogP contribution >= 0.6 is 21.6 Å². The number of carbonyl (C=O) groups excluding carboxylic acids is 1. The van der Waals surface area contributed by atoms with Gasteiger partial charge in [0.2, 0.25) is 5.91 Å². The van der Waals surface area contributed by atoms with Gasteiger partial charge in [-0.1, -0.05) is 70.5 Å². The van der Waals surface area contributed by atoms with E-state index in [1.54, 1.807) is 0 Å². The van der Waals surface area contributed by atoms with Crippen molar-refractivity contribution in [2.24, 2.45) is 0 Å². The quantitative estimate of drug-likeness (QED) is 0.380. The van der Waals surface area contributed by atoms with E-state index in [1.165, 1.54) is 18.6 Å². The predicted molar refractivity (Wildman–Crippen MR) is 119 cm³/mol. The maximum atomic E-state index is 12.6. The Labute approximate surface area is 173 Å². The number of aromatic amines is 1. The maximum Gasteiger partial charge on any atom is 0.220 e. The first-order valence-electron chi connectivity index (χ1n) is 9.87. The average Bonchev–Trinajstić information content (AvgIpc) is 3.39. The SMILES string of the molecule is O=C(CCCC[C@@H]1CCSS1)N[C@H](c1ccccc1)c1nc2ccccc2[nH]1. The summed E-state index contributed by atoms with van der Waals surface area (Å²) >= 11 is 0. The third kappa shape index (κ3) is 4.92. The van der Waals surface area contributed by atoms with Gasteiger partial charge in [-0.15, -0.1) is 0 Å². The van der Waals surface area contributed by atoms with Crippen LogP contribution in [0.1, 0.15) is 49.5 Å². The van der Waals surface area contributed by atoms with Crippen LogP contribution in [0.25, 0.3) is 11.0 Å². The molecular weight excluding hydrogens is 386 g/mol. The zero-order chi connectivity index (χ0) is 19.2. The maximum absolute atomic E-state index is 12.6. The van der Waals surface area contributed by atoms with Crippen molar-refractivity contribution in [3.8, 4) is 0 Å². The highest BCUT2D eigenvalue weighted by molar-refractivity contribution is 8.77. The Hall–Kier alpha value is -1.92. The van der Waals surface area contributed by atoms with E-state index in [4.69, 9.17) is 4.98 Å². The molecule has 2 atom stereocenters. The van der Waals surface area contributed by atoms with Crippen molar-refractivity contribution >= 4 is 38.5 Å². The van der Waals surface area contributed by atoms with Gasteiger partial charge in [-0.25, -0.2) is 4.98 Å². The minimum absolute atomic E-state index is 0.0859. The number of nitrogens with zero attached hydrogens (tertiary/aromatic N) is 1. The summed E-state index contributed by atoms with van der Waals surface area (Å²) in [7, 11) is 3.99. The fourth-order valence-electron chi connectivity index (χ4n) is 3.52. The Balaban J connectivity index is 1.41. The average molecular weight is 412 g/mol.